The third-order valence-corrected chi connectivity index (χ3v) is 0.367. The number of rotatable bonds is 2. The van der Waals surface area contributed by atoms with E-state index in [1.54, 1.807) is 0 Å². The molecule has 0 aliphatic carbocycles. The van der Waals surface area contributed by atoms with E-state index >= 15 is 0 Å². The fourth-order valence-corrected chi connectivity index (χ4v) is 0.180. The van der Waals surface area contributed by atoms with E-state index < -0.39 is 6.17 Å². The van der Waals surface area contributed by atoms with Gasteiger partial charge >= 0.3 is 0 Å². The highest BCUT2D eigenvalue weighted by Gasteiger charge is 1.89. The van der Waals surface area contributed by atoms with Crippen molar-refractivity contribution in [1.82, 2.24) is 5.23 Å². The molecular formula is C2H8N3O2-. The molecule has 0 amide bonds. The molecule has 0 saturated carbocycles. The maximum atomic E-state index is 9.57. The summed E-state index contributed by atoms with van der Waals surface area (Å²) < 4.78 is 0. The average Bonchev–Trinajstić information content (AvgIpc) is 1.27. The van der Waals surface area contributed by atoms with Gasteiger partial charge in [0, 0.05) is 6.54 Å². The third-order valence-electron chi connectivity index (χ3n) is 0.367. The van der Waals surface area contributed by atoms with Crippen LogP contribution in [-0.2, 0) is 0 Å². The molecule has 0 heterocycles. The van der Waals surface area contributed by atoms with Crippen molar-refractivity contribution in [3.8, 4) is 0 Å². The fourth-order valence-electron chi connectivity index (χ4n) is 0.180. The Morgan fingerprint density at radius 3 is 2.14 bits per heavy atom. The summed E-state index contributed by atoms with van der Waals surface area (Å²) in [5, 5.41) is 17.1. The first kappa shape index (κ1) is 6.80. The first-order chi connectivity index (χ1) is 3.13. The van der Waals surface area contributed by atoms with Crippen LogP contribution in [0.25, 0.3) is 0 Å². The second-order valence-electron chi connectivity index (χ2n) is 1.20. The molecule has 5 heteroatoms. The SMILES string of the molecule is NC(N)CN([O-])O. The summed E-state index contributed by atoms with van der Waals surface area (Å²) in [6, 6.07) is 0. The Morgan fingerprint density at radius 1 is 1.71 bits per heavy atom. The zero-order chi connectivity index (χ0) is 5.86. The largest absolute Gasteiger partial charge is 0.762 e. The van der Waals surface area contributed by atoms with Gasteiger partial charge in [-0.3, -0.25) is 5.23 Å². The number of nitrogens with two attached hydrogens (primary N) is 2. The van der Waals surface area contributed by atoms with Crippen molar-refractivity contribution in [2.75, 3.05) is 6.54 Å². The van der Waals surface area contributed by atoms with Crippen molar-refractivity contribution in [2.45, 2.75) is 6.17 Å². The van der Waals surface area contributed by atoms with Gasteiger partial charge in [-0.25, -0.2) is 0 Å². The van der Waals surface area contributed by atoms with E-state index in [4.69, 9.17) is 16.7 Å². The van der Waals surface area contributed by atoms with Crippen molar-refractivity contribution < 1.29 is 5.21 Å². The van der Waals surface area contributed by atoms with Crippen LogP contribution in [0.15, 0.2) is 0 Å². The zero-order valence-corrected chi connectivity index (χ0v) is 3.74. The molecule has 0 saturated heterocycles. The normalized spacial score (nSPS) is 11.1. The predicted molar refractivity (Wildman–Crippen MR) is 24.0 cm³/mol. The topological polar surface area (TPSA) is 98.6 Å². The molecule has 0 aromatic rings. The van der Waals surface area contributed by atoms with Crippen molar-refractivity contribution in [3.05, 3.63) is 5.21 Å². The molecule has 0 aliphatic heterocycles. The van der Waals surface area contributed by atoms with Gasteiger partial charge in [-0.2, -0.15) is 0 Å². The second kappa shape index (κ2) is 2.89. The molecule has 0 aromatic heterocycles. The minimum absolute atomic E-state index is 0.250. The quantitative estimate of drug-likeness (QED) is 0.291. The van der Waals surface area contributed by atoms with Crippen LogP contribution < -0.4 is 11.5 Å². The van der Waals surface area contributed by atoms with Gasteiger partial charge in [-0.05, 0) is 0 Å². The molecule has 0 aromatic carbocycles. The van der Waals surface area contributed by atoms with Gasteiger partial charge in [0.25, 0.3) is 0 Å². The Bertz CT molecular complexity index is 40.2. The van der Waals surface area contributed by atoms with Gasteiger partial charge in [0.2, 0.25) is 0 Å². The molecule has 0 rings (SSSR count). The maximum Gasteiger partial charge on any atom is 0.0664 e. The van der Waals surface area contributed by atoms with Gasteiger partial charge in [0.05, 0.1) is 6.17 Å². The Labute approximate surface area is 41.0 Å². The van der Waals surface area contributed by atoms with Crippen LogP contribution in [0, 0.1) is 5.21 Å². The van der Waals surface area contributed by atoms with Gasteiger partial charge in [0.15, 0.2) is 0 Å². The number of hydrogen-bond acceptors (Lipinski definition) is 5. The van der Waals surface area contributed by atoms with E-state index in [2.05, 4.69) is 0 Å². The monoisotopic (exact) mass is 106 g/mol. The van der Waals surface area contributed by atoms with Crippen molar-refractivity contribution in [1.29, 1.82) is 0 Å². The Morgan fingerprint density at radius 2 is 2.14 bits per heavy atom. The lowest BCUT2D eigenvalue weighted by Crippen LogP contribution is -2.39. The summed E-state index contributed by atoms with van der Waals surface area (Å²) in [6.45, 7) is -0.250. The summed E-state index contributed by atoms with van der Waals surface area (Å²) in [4.78, 5) is 0. The van der Waals surface area contributed by atoms with Crippen molar-refractivity contribution >= 4 is 0 Å². The molecular weight excluding hydrogens is 98.0 g/mol. The van der Waals surface area contributed by atoms with Crippen LogP contribution in [0.3, 0.4) is 0 Å². The lowest BCUT2D eigenvalue weighted by atomic mass is 10.6. The summed E-state index contributed by atoms with van der Waals surface area (Å²) in [6.07, 6.45) is -0.762. The summed E-state index contributed by atoms with van der Waals surface area (Å²) >= 11 is 0. The number of hydrogen-bond donors (Lipinski definition) is 3. The molecule has 0 aliphatic rings. The minimum Gasteiger partial charge on any atom is -0.762 e. The minimum atomic E-state index is -0.762. The van der Waals surface area contributed by atoms with Crippen LogP contribution in [0.2, 0.25) is 0 Å². The number of nitrogens with zero attached hydrogens (tertiary/aromatic N) is 1. The van der Waals surface area contributed by atoms with Gasteiger partial charge in [-0.15, -0.1) is 0 Å². The van der Waals surface area contributed by atoms with E-state index in [1.165, 1.54) is 0 Å². The highest BCUT2D eigenvalue weighted by atomic mass is 16.8. The summed E-state index contributed by atoms with van der Waals surface area (Å²) in [5.74, 6) is 0. The van der Waals surface area contributed by atoms with Gasteiger partial charge in [0.1, 0.15) is 0 Å². The lowest BCUT2D eigenvalue weighted by molar-refractivity contribution is -0.0441. The molecule has 44 valence electrons. The zero-order valence-electron chi connectivity index (χ0n) is 3.74. The second-order valence-corrected chi connectivity index (χ2v) is 1.20. The third kappa shape index (κ3) is 5.80. The fraction of sp³-hybridized carbons (Fsp3) is 1.00. The molecule has 5 N–H and O–H groups in total. The molecule has 0 unspecified atom stereocenters. The maximum absolute atomic E-state index is 9.57. The number of hydroxylamine groups is 2. The molecule has 0 bridgehead atoms. The summed E-state index contributed by atoms with van der Waals surface area (Å²) in [5.41, 5.74) is 9.74. The molecule has 7 heavy (non-hydrogen) atoms. The highest BCUT2D eigenvalue weighted by Crippen LogP contribution is 1.71. The van der Waals surface area contributed by atoms with E-state index in [9.17, 15) is 5.21 Å². The Hall–Kier alpha value is -0.200. The highest BCUT2D eigenvalue weighted by molar-refractivity contribution is 4.52. The smallest absolute Gasteiger partial charge is 0.0664 e. The van der Waals surface area contributed by atoms with Crippen molar-refractivity contribution in [3.63, 3.8) is 0 Å². The van der Waals surface area contributed by atoms with Gasteiger partial charge < -0.3 is 21.9 Å². The van der Waals surface area contributed by atoms with Crippen LogP contribution in [0.4, 0.5) is 0 Å². The van der Waals surface area contributed by atoms with E-state index in [0.717, 1.165) is 0 Å². The van der Waals surface area contributed by atoms with Crippen molar-refractivity contribution in [2.24, 2.45) is 11.5 Å². The molecule has 0 radical (unpaired) electrons. The Kier molecular flexibility index (Phi) is 2.81. The summed E-state index contributed by atoms with van der Waals surface area (Å²) in [7, 11) is 0. The van der Waals surface area contributed by atoms with Crippen LogP contribution in [-0.4, -0.2) is 23.1 Å². The van der Waals surface area contributed by atoms with E-state index in [-0.39, 0.29) is 11.8 Å². The molecule has 5 nitrogen and oxygen atoms in total. The standard InChI is InChI=1S/C2H8N3O2/c3-2(4)1-5(6)7/h2,6H,1,3-4H2/q-1. The average molecular weight is 106 g/mol. The van der Waals surface area contributed by atoms with Crippen LogP contribution >= 0.6 is 0 Å². The van der Waals surface area contributed by atoms with Crippen LogP contribution in [0.5, 0.6) is 0 Å². The first-order valence-corrected chi connectivity index (χ1v) is 1.77. The first-order valence-electron chi connectivity index (χ1n) is 1.77. The molecule has 0 spiro atoms. The van der Waals surface area contributed by atoms with Crippen LogP contribution in [0.1, 0.15) is 0 Å². The predicted octanol–water partition coefficient (Wildman–Crippen LogP) is -1.58. The van der Waals surface area contributed by atoms with Gasteiger partial charge in [-0.1, -0.05) is 0 Å². The molecule has 0 fully saturated rings. The van der Waals surface area contributed by atoms with E-state index in [1.807, 2.05) is 0 Å². The molecule has 0 atom stereocenters. The lowest BCUT2D eigenvalue weighted by Gasteiger charge is -2.20. The van der Waals surface area contributed by atoms with E-state index in [0.29, 0.717) is 0 Å². The Balaban J connectivity index is 2.95.